The van der Waals surface area contributed by atoms with Crippen molar-refractivity contribution in [2.75, 3.05) is 38.1 Å². The van der Waals surface area contributed by atoms with E-state index >= 15 is 0 Å². The van der Waals surface area contributed by atoms with Gasteiger partial charge in [0.2, 0.25) is 0 Å². The normalized spacial score (nSPS) is 20.7. The van der Waals surface area contributed by atoms with Gasteiger partial charge in [0, 0.05) is 31.4 Å². The Morgan fingerprint density at radius 3 is 2.67 bits per heavy atom. The molecule has 1 unspecified atom stereocenters. The van der Waals surface area contributed by atoms with E-state index in [1.807, 2.05) is 24.3 Å². The molecule has 2 rings (SSSR count). The fourth-order valence-electron chi connectivity index (χ4n) is 2.43. The highest BCUT2D eigenvalue weighted by Gasteiger charge is 2.23. The van der Waals surface area contributed by atoms with Crippen LogP contribution in [0.1, 0.15) is 12.0 Å². The van der Waals surface area contributed by atoms with Crippen LogP contribution < -0.4 is 10.6 Å². The molecule has 1 heterocycles. The van der Waals surface area contributed by atoms with Crippen LogP contribution in [0.25, 0.3) is 0 Å². The SMILES string of the molecule is CN1CCN(c2ccc(C#N)cc2)CC1CCN. The van der Waals surface area contributed by atoms with E-state index in [2.05, 4.69) is 22.9 Å². The highest BCUT2D eigenvalue weighted by molar-refractivity contribution is 5.50. The minimum absolute atomic E-state index is 0.527. The summed E-state index contributed by atoms with van der Waals surface area (Å²) in [5.74, 6) is 0. The molecule has 96 valence electrons. The van der Waals surface area contributed by atoms with Gasteiger partial charge in [-0.3, -0.25) is 4.90 Å². The van der Waals surface area contributed by atoms with Crippen molar-refractivity contribution in [1.29, 1.82) is 5.26 Å². The Hall–Kier alpha value is -1.57. The molecule has 4 heteroatoms. The molecule has 4 nitrogen and oxygen atoms in total. The highest BCUT2D eigenvalue weighted by atomic mass is 15.3. The fourth-order valence-corrected chi connectivity index (χ4v) is 2.43. The number of hydrogen-bond acceptors (Lipinski definition) is 4. The Labute approximate surface area is 109 Å². The molecule has 1 fully saturated rings. The minimum atomic E-state index is 0.527. The zero-order chi connectivity index (χ0) is 13.0. The topological polar surface area (TPSA) is 56.3 Å². The molecule has 1 aromatic rings. The maximum Gasteiger partial charge on any atom is 0.0991 e. The van der Waals surface area contributed by atoms with E-state index in [0.29, 0.717) is 11.6 Å². The third-order valence-corrected chi connectivity index (χ3v) is 3.64. The molecule has 0 aliphatic carbocycles. The second kappa shape index (κ2) is 5.85. The lowest BCUT2D eigenvalue weighted by molar-refractivity contribution is 0.210. The summed E-state index contributed by atoms with van der Waals surface area (Å²) < 4.78 is 0. The van der Waals surface area contributed by atoms with Gasteiger partial charge in [0.25, 0.3) is 0 Å². The van der Waals surface area contributed by atoms with Gasteiger partial charge < -0.3 is 10.6 Å². The third kappa shape index (κ3) is 2.81. The van der Waals surface area contributed by atoms with Crippen molar-refractivity contribution in [3.8, 4) is 6.07 Å². The molecular formula is C14H20N4. The van der Waals surface area contributed by atoms with Gasteiger partial charge in [-0.15, -0.1) is 0 Å². The van der Waals surface area contributed by atoms with Crippen molar-refractivity contribution in [3.05, 3.63) is 29.8 Å². The Morgan fingerprint density at radius 2 is 2.06 bits per heavy atom. The third-order valence-electron chi connectivity index (χ3n) is 3.64. The molecule has 18 heavy (non-hydrogen) atoms. The molecule has 0 aromatic heterocycles. The van der Waals surface area contributed by atoms with E-state index in [1.165, 1.54) is 5.69 Å². The molecule has 1 aliphatic rings. The number of benzene rings is 1. The highest BCUT2D eigenvalue weighted by Crippen LogP contribution is 2.20. The first-order valence-electron chi connectivity index (χ1n) is 6.40. The van der Waals surface area contributed by atoms with Crippen LogP contribution in [0, 0.1) is 11.3 Å². The first-order chi connectivity index (χ1) is 8.74. The van der Waals surface area contributed by atoms with Crippen molar-refractivity contribution in [2.45, 2.75) is 12.5 Å². The molecular weight excluding hydrogens is 224 g/mol. The predicted molar refractivity (Wildman–Crippen MR) is 73.5 cm³/mol. The Morgan fingerprint density at radius 1 is 1.33 bits per heavy atom. The van der Waals surface area contributed by atoms with E-state index in [0.717, 1.165) is 32.6 Å². The van der Waals surface area contributed by atoms with Crippen LogP contribution in [-0.2, 0) is 0 Å². The van der Waals surface area contributed by atoms with Crippen LogP contribution in [0.2, 0.25) is 0 Å². The van der Waals surface area contributed by atoms with Crippen LogP contribution in [-0.4, -0.2) is 44.2 Å². The lowest BCUT2D eigenvalue weighted by atomic mass is 10.1. The van der Waals surface area contributed by atoms with Crippen LogP contribution in [0.15, 0.2) is 24.3 Å². The van der Waals surface area contributed by atoms with E-state index in [9.17, 15) is 0 Å². The molecule has 1 saturated heterocycles. The van der Waals surface area contributed by atoms with E-state index in [-0.39, 0.29) is 0 Å². The number of nitrogens with two attached hydrogens (primary N) is 1. The summed E-state index contributed by atoms with van der Waals surface area (Å²) in [5, 5.41) is 8.80. The van der Waals surface area contributed by atoms with Crippen molar-refractivity contribution >= 4 is 5.69 Å². The van der Waals surface area contributed by atoms with Crippen LogP contribution >= 0.6 is 0 Å². The second-order valence-corrected chi connectivity index (χ2v) is 4.82. The summed E-state index contributed by atoms with van der Waals surface area (Å²) in [7, 11) is 2.16. The monoisotopic (exact) mass is 244 g/mol. The van der Waals surface area contributed by atoms with Crippen LogP contribution in [0.3, 0.4) is 0 Å². The zero-order valence-electron chi connectivity index (χ0n) is 10.8. The number of nitriles is 1. The Balaban J connectivity index is 2.06. The molecule has 0 radical (unpaired) electrons. The number of hydrogen-bond donors (Lipinski definition) is 1. The smallest absolute Gasteiger partial charge is 0.0991 e. The summed E-state index contributed by atoms with van der Waals surface area (Å²) in [5.41, 5.74) is 7.57. The summed E-state index contributed by atoms with van der Waals surface area (Å²) >= 11 is 0. The van der Waals surface area contributed by atoms with E-state index in [4.69, 9.17) is 11.0 Å². The van der Waals surface area contributed by atoms with Gasteiger partial charge >= 0.3 is 0 Å². The first-order valence-corrected chi connectivity index (χ1v) is 6.40. The lowest BCUT2D eigenvalue weighted by Crippen LogP contribution is -2.52. The predicted octanol–water partition coefficient (Wildman–Crippen LogP) is 1.03. The maximum atomic E-state index is 8.80. The quantitative estimate of drug-likeness (QED) is 0.862. The summed E-state index contributed by atoms with van der Waals surface area (Å²) in [6.45, 7) is 3.84. The van der Waals surface area contributed by atoms with Gasteiger partial charge in [-0.2, -0.15) is 5.26 Å². The molecule has 2 N–H and O–H groups in total. The van der Waals surface area contributed by atoms with E-state index < -0.39 is 0 Å². The van der Waals surface area contributed by atoms with Gasteiger partial charge in [-0.05, 0) is 44.3 Å². The number of anilines is 1. The maximum absolute atomic E-state index is 8.80. The number of likely N-dealkylation sites (N-methyl/N-ethyl adjacent to an activating group) is 1. The Bertz CT molecular complexity index is 420. The number of rotatable bonds is 3. The molecule has 0 amide bonds. The molecule has 0 spiro atoms. The number of nitrogens with zero attached hydrogens (tertiary/aromatic N) is 3. The lowest BCUT2D eigenvalue weighted by Gasteiger charge is -2.40. The van der Waals surface area contributed by atoms with Gasteiger partial charge in [0.1, 0.15) is 0 Å². The molecule has 1 aliphatic heterocycles. The van der Waals surface area contributed by atoms with Crippen LogP contribution in [0.5, 0.6) is 0 Å². The van der Waals surface area contributed by atoms with Crippen molar-refractivity contribution in [2.24, 2.45) is 5.73 Å². The van der Waals surface area contributed by atoms with Gasteiger partial charge in [-0.1, -0.05) is 0 Å². The van der Waals surface area contributed by atoms with E-state index in [1.54, 1.807) is 0 Å². The standard InChI is InChI=1S/C14H20N4/c1-17-8-9-18(11-14(17)6-7-15)13-4-2-12(10-16)3-5-13/h2-5,14H,6-9,11,15H2,1H3. The summed E-state index contributed by atoms with van der Waals surface area (Å²) in [4.78, 5) is 4.76. The molecule has 0 bridgehead atoms. The Kier molecular flexibility index (Phi) is 4.19. The van der Waals surface area contributed by atoms with Crippen molar-refractivity contribution < 1.29 is 0 Å². The zero-order valence-corrected chi connectivity index (χ0v) is 10.8. The van der Waals surface area contributed by atoms with Gasteiger partial charge in [0.05, 0.1) is 11.6 Å². The molecule has 0 saturated carbocycles. The fraction of sp³-hybridized carbons (Fsp3) is 0.500. The van der Waals surface area contributed by atoms with Crippen molar-refractivity contribution in [3.63, 3.8) is 0 Å². The largest absolute Gasteiger partial charge is 0.369 e. The first kappa shape index (κ1) is 12.9. The van der Waals surface area contributed by atoms with Gasteiger partial charge in [0.15, 0.2) is 0 Å². The number of piperazine rings is 1. The van der Waals surface area contributed by atoms with Crippen molar-refractivity contribution in [1.82, 2.24) is 4.90 Å². The summed E-state index contributed by atoms with van der Waals surface area (Å²) in [6, 6.07) is 10.5. The van der Waals surface area contributed by atoms with Crippen LogP contribution in [0.4, 0.5) is 5.69 Å². The minimum Gasteiger partial charge on any atom is -0.369 e. The molecule has 1 atom stereocenters. The summed E-state index contributed by atoms with van der Waals surface area (Å²) in [6.07, 6.45) is 1.03. The average molecular weight is 244 g/mol. The van der Waals surface area contributed by atoms with Gasteiger partial charge in [-0.25, -0.2) is 0 Å². The average Bonchev–Trinajstić information content (AvgIpc) is 2.42. The molecule has 1 aromatic carbocycles. The second-order valence-electron chi connectivity index (χ2n) is 4.82.